The van der Waals surface area contributed by atoms with Crippen LogP contribution in [-0.2, 0) is 0 Å². The first-order valence-electron chi connectivity index (χ1n) is 7.36. The Hall–Kier alpha value is -1.16. The molecule has 0 atom stereocenters. The Morgan fingerprint density at radius 1 is 1.16 bits per heavy atom. The summed E-state index contributed by atoms with van der Waals surface area (Å²) in [6.07, 6.45) is 4.13. The second-order valence-electron chi connectivity index (χ2n) is 6.13. The summed E-state index contributed by atoms with van der Waals surface area (Å²) in [6, 6.07) is 0.356. The molecule has 2 heterocycles. The molecule has 0 radical (unpaired) electrons. The number of hydrogen-bond acceptors (Lipinski definition) is 4. The molecule has 0 saturated carbocycles. The Bertz CT molecular complexity index is 420. The van der Waals surface area contributed by atoms with E-state index >= 15 is 0 Å². The van der Waals surface area contributed by atoms with E-state index in [9.17, 15) is 0 Å². The Balaban J connectivity index is 2.29. The van der Waals surface area contributed by atoms with E-state index < -0.39 is 0 Å². The minimum Gasteiger partial charge on any atom is -0.369 e. The van der Waals surface area contributed by atoms with Crippen LogP contribution in [0.4, 0.5) is 5.69 Å². The Labute approximate surface area is 116 Å². The normalized spacial score (nSPS) is 17.5. The molecule has 1 aromatic rings. The standard InChI is InChI=1S/C15H26N4/c1-10(2)14-13(9-17-15(18-14)11(3)4)19-7-5-12(16)6-8-19/h9-12H,5-8,16H2,1-4H3. The number of nitrogens with zero attached hydrogens (tertiary/aromatic N) is 3. The molecular formula is C15H26N4. The van der Waals surface area contributed by atoms with Gasteiger partial charge in [0, 0.05) is 25.0 Å². The predicted octanol–water partition coefficient (Wildman–Crippen LogP) is 2.65. The van der Waals surface area contributed by atoms with Gasteiger partial charge in [0.1, 0.15) is 5.82 Å². The highest BCUT2D eigenvalue weighted by atomic mass is 15.2. The molecule has 4 heteroatoms. The van der Waals surface area contributed by atoms with Gasteiger partial charge in [0.25, 0.3) is 0 Å². The summed E-state index contributed by atoms with van der Waals surface area (Å²) < 4.78 is 0. The molecular weight excluding hydrogens is 236 g/mol. The van der Waals surface area contributed by atoms with Gasteiger partial charge < -0.3 is 10.6 Å². The Kier molecular flexibility index (Phi) is 4.40. The lowest BCUT2D eigenvalue weighted by atomic mass is 10.0. The molecule has 0 aliphatic carbocycles. The molecule has 0 bridgehead atoms. The van der Waals surface area contributed by atoms with Crippen molar-refractivity contribution in [2.75, 3.05) is 18.0 Å². The van der Waals surface area contributed by atoms with Crippen molar-refractivity contribution in [2.45, 2.75) is 58.4 Å². The molecule has 0 spiro atoms. The summed E-state index contributed by atoms with van der Waals surface area (Å²) in [7, 11) is 0. The monoisotopic (exact) mass is 262 g/mol. The van der Waals surface area contributed by atoms with Gasteiger partial charge >= 0.3 is 0 Å². The molecule has 1 saturated heterocycles. The van der Waals surface area contributed by atoms with Gasteiger partial charge in [-0.15, -0.1) is 0 Å². The number of aromatic nitrogens is 2. The maximum absolute atomic E-state index is 5.98. The van der Waals surface area contributed by atoms with Gasteiger partial charge in [-0.3, -0.25) is 0 Å². The number of piperidine rings is 1. The smallest absolute Gasteiger partial charge is 0.131 e. The largest absolute Gasteiger partial charge is 0.369 e. The van der Waals surface area contributed by atoms with Crippen molar-refractivity contribution in [3.05, 3.63) is 17.7 Å². The fraction of sp³-hybridized carbons (Fsp3) is 0.733. The highest BCUT2D eigenvalue weighted by molar-refractivity contribution is 5.51. The van der Waals surface area contributed by atoms with Crippen LogP contribution < -0.4 is 10.6 Å². The van der Waals surface area contributed by atoms with E-state index in [1.165, 1.54) is 11.4 Å². The first kappa shape index (κ1) is 14.3. The van der Waals surface area contributed by atoms with Crippen molar-refractivity contribution in [1.29, 1.82) is 0 Å². The summed E-state index contributed by atoms with van der Waals surface area (Å²) in [6.45, 7) is 10.7. The highest BCUT2D eigenvalue weighted by Crippen LogP contribution is 2.28. The van der Waals surface area contributed by atoms with Gasteiger partial charge in [0.15, 0.2) is 0 Å². The summed E-state index contributed by atoms with van der Waals surface area (Å²) in [5, 5.41) is 0. The fourth-order valence-corrected chi connectivity index (χ4v) is 2.49. The van der Waals surface area contributed by atoms with Crippen LogP contribution in [0.25, 0.3) is 0 Å². The number of rotatable bonds is 3. The van der Waals surface area contributed by atoms with Crippen LogP contribution in [-0.4, -0.2) is 29.1 Å². The average molecular weight is 262 g/mol. The van der Waals surface area contributed by atoms with E-state index in [0.29, 0.717) is 17.9 Å². The lowest BCUT2D eigenvalue weighted by Crippen LogP contribution is -2.40. The van der Waals surface area contributed by atoms with Crippen LogP contribution >= 0.6 is 0 Å². The third kappa shape index (κ3) is 3.24. The summed E-state index contributed by atoms with van der Waals surface area (Å²) >= 11 is 0. The number of hydrogen-bond donors (Lipinski definition) is 1. The number of anilines is 1. The molecule has 2 N–H and O–H groups in total. The number of nitrogens with two attached hydrogens (primary N) is 1. The van der Waals surface area contributed by atoms with Crippen LogP contribution in [0.5, 0.6) is 0 Å². The van der Waals surface area contributed by atoms with Gasteiger partial charge in [0.05, 0.1) is 17.6 Å². The topological polar surface area (TPSA) is 55.0 Å². The van der Waals surface area contributed by atoms with Crippen molar-refractivity contribution >= 4 is 5.69 Å². The van der Waals surface area contributed by atoms with Crippen LogP contribution in [0, 0.1) is 0 Å². The molecule has 0 amide bonds. The van der Waals surface area contributed by atoms with Crippen molar-refractivity contribution in [3.8, 4) is 0 Å². The second-order valence-corrected chi connectivity index (χ2v) is 6.13. The fourth-order valence-electron chi connectivity index (χ4n) is 2.49. The van der Waals surface area contributed by atoms with Gasteiger partial charge in [-0.05, 0) is 18.8 Å². The Morgan fingerprint density at radius 2 is 1.79 bits per heavy atom. The van der Waals surface area contributed by atoms with Crippen molar-refractivity contribution in [2.24, 2.45) is 5.73 Å². The van der Waals surface area contributed by atoms with E-state index in [4.69, 9.17) is 10.7 Å². The second kappa shape index (κ2) is 5.87. The van der Waals surface area contributed by atoms with Crippen LogP contribution in [0.2, 0.25) is 0 Å². The molecule has 0 aromatic carbocycles. The highest BCUT2D eigenvalue weighted by Gasteiger charge is 2.21. The van der Waals surface area contributed by atoms with E-state index in [0.717, 1.165) is 31.8 Å². The summed E-state index contributed by atoms with van der Waals surface area (Å²) in [5.74, 6) is 1.74. The molecule has 19 heavy (non-hydrogen) atoms. The summed E-state index contributed by atoms with van der Waals surface area (Å²) in [5.41, 5.74) is 8.35. The lowest BCUT2D eigenvalue weighted by Gasteiger charge is -2.33. The minimum absolute atomic E-state index is 0.356. The quantitative estimate of drug-likeness (QED) is 0.910. The average Bonchev–Trinajstić information content (AvgIpc) is 2.38. The van der Waals surface area contributed by atoms with E-state index in [-0.39, 0.29) is 0 Å². The van der Waals surface area contributed by atoms with Crippen molar-refractivity contribution in [3.63, 3.8) is 0 Å². The van der Waals surface area contributed by atoms with E-state index in [1.807, 2.05) is 6.20 Å². The van der Waals surface area contributed by atoms with Crippen LogP contribution in [0.1, 0.15) is 63.9 Å². The van der Waals surface area contributed by atoms with Crippen molar-refractivity contribution in [1.82, 2.24) is 9.97 Å². The summed E-state index contributed by atoms with van der Waals surface area (Å²) in [4.78, 5) is 11.7. The zero-order valence-corrected chi connectivity index (χ0v) is 12.6. The first-order valence-corrected chi connectivity index (χ1v) is 7.36. The maximum Gasteiger partial charge on any atom is 0.131 e. The van der Waals surface area contributed by atoms with Crippen LogP contribution in [0.3, 0.4) is 0 Å². The van der Waals surface area contributed by atoms with Gasteiger partial charge in [-0.1, -0.05) is 27.7 Å². The third-order valence-electron chi connectivity index (χ3n) is 3.76. The molecule has 1 aromatic heterocycles. The molecule has 1 aliphatic rings. The lowest BCUT2D eigenvalue weighted by molar-refractivity contribution is 0.498. The molecule has 1 fully saturated rings. The SMILES string of the molecule is CC(C)c1ncc(N2CCC(N)CC2)c(C(C)C)n1. The minimum atomic E-state index is 0.356. The third-order valence-corrected chi connectivity index (χ3v) is 3.76. The van der Waals surface area contributed by atoms with Gasteiger partial charge in [-0.25, -0.2) is 9.97 Å². The molecule has 1 aliphatic heterocycles. The van der Waals surface area contributed by atoms with Crippen molar-refractivity contribution < 1.29 is 0 Å². The molecule has 0 unspecified atom stereocenters. The zero-order chi connectivity index (χ0) is 14.0. The van der Waals surface area contributed by atoms with E-state index in [1.54, 1.807) is 0 Å². The van der Waals surface area contributed by atoms with Gasteiger partial charge in [-0.2, -0.15) is 0 Å². The zero-order valence-electron chi connectivity index (χ0n) is 12.6. The first-order chi connectivity index (χ1) is 8.99. The van der Waals surface area contributed by atoms with Crippen LogP contribution in [0.15, 0.2) is 6.20 Å². The predicted molar refractivity (Wildman–Crippen MR) is 79.6 cm³/mol. The molecule has 106 valence electrons. The van der Waals surface area contributed by atoms with Gasteiger partial charge in [0.2, 0.25) is 0 Å². The maximum atomic E-state index is 5.98. The Morgan fingerprint density at radius 3 is 2.32 bits per heavy atom. The molecule has 4 nitrogen and oxygen atoms in total. The molecule has 2 rings (SSSR count). The van der Waals surface area contributed by atoms with E-state index in [2.05, 4.69) is 37.6 Å².